The van der Waals surface area contributed by atoms with Crippen LogP contribution < -0.4 is 0 Å². The number of hydrogen-bond donors (Lipinski definition) is 0. The van der Waals surface area contributed by atoms with Crippen molar-refractivity contribution in [2.45, 2.75) is 44.7 Å². The zero-order valence-electron chi connectivity index (χ0n) is 16.7. The van der Waals surface area contributed by atoms with Gasteiger partial charge in [0.1, 0.15) is 6.04 Å². The van der Waals surface area contributed by atoms with Crippen molar-refractivity contribution in [1.82, 2.24) is 9.21 Å². The van der Waals surface area contributed by atoms with Crippen LogP contribution in [-0.2, 0) is 21.4 Å². The summed E-state index contributed by atoms with van der Waals surface area (Å²) >= 11 is 0. The summed E-state index contributed by atoms with van der Waals surface area (Å²) in [7, 11) is -3.73. The van der Waals surface area contributed by atoms with Crippen molar-refractivity contribution < 1.29 is 13.2 Å². The van der Waals surface area contributed by atoms with Crippen molar-refractivity contribution in [1.29, 1.82) is 0 Å². The van der Waals surface area contributed by atoms with Crippen LogP contribution in [0.5, 0.6) is 0 Å². The van der Waals surface area contributed by atoms with Crippen molar-refractivity contribution in [2.75, 3.05) is 13.1 Å². The monoisotopic (exact) mass is 400 g/mol. The highest BCUT2D eigenvalue weighted by atomic mass is 32.2. The molecule has 5 nitrogen and oxygen atoms in total. The molecule has 0 aliphatic carbocycles. The highest BCUT2D eigenvalue weighted by Gasteiger charge is 2.43. The normalized spacial score (nSPS) is 19.6. The molecular formula is C22H28N2O3S. The molecule has 2 aromatic rings. The lowest BCUT2D eigenvalue weighted by Gasteiger charge is -2.42. The molecule has 6 heteroatoms. The number of benzene rings is 2. The second kappa shape index (κ2) is 8.45. The zero-order chi connectivity index (χ0) is 20.3. The minimum absolute atomic E-state index is 0.0636. The number of aryl methyl sites for hydroxylation is 1. The van der Waals surface area contributed by atoms with E-state index in [4.69, 9.17) is 0 Å². The molecule has 2 atom stereocenters. The first kappa shape index (κ1) is 20.6. The number of carbonyl (C=O) groups excluding carboxylic acids is 1. The van der Waals surface area contributed by atoms with Gasteiger partial charge in [-0.1, -0.05) is 68.3 Å². The summed E-state index contributed by atoms with van der Waals surface area (Å²) in [5.41, 5.74) is 2.05. The molecule has 1 saturated heterocycles. The molecule has 1 aliphatic rings. The number of piperazine rings is 1. The Morgan fingerprint density at radius 1 is 1.04 bits per heavy atom. The molecule has 0 N–H and O–H groups in total. The van der Waals surface area contributed by atoms with E-state index >= 15 is 0 Å². The zero-order valence-corrected chi connectivity index (χ0v) is 17.5. The van der Waals surface area contributed by atoms with Crippen LogP contribution in [0, 0.1) is 12.8 Å². The predicted octanol–water partition coefficient (Wildman–Crippen LogP) is 3.44. The standard InChI is InChI=1S/C22H28N2O3S/c1-4-18(3)21-22(25)23(16-19-8-6-5-7-9-19)14-15-24(21)28(26,27)20-12-10-17(2)11-13-20/h5-13,18,21H,4,14-16H2,1-3H3/t18-,21-/m0/s1. The Morgan fingerprint density at radius 3 is 2.29 bits per heavy atom. The molecule has 0 aromatic heterocycles. The topological polar surface area (TPSA) is 57.7 Å². The average molecular weight is 401 g/mol. The van der Waals surface area contributed by atoms with Crippen molar-refractivity contribution in [3.8, 4) is 0 Å². The second-order valence-electron chi connectivity index (χ2n) is 7.50. The van der Waals surface area contributed by atoms with Crippen LogP contribution >= 0.6 is 0 Å². The van der Waals surface area contributed by atoms with Crippen LogP contribution in [0.3, 0.4) is 0 Å². The third kappa shape index (κ3) is 4.13. The Kier molecular flexibility index (Phi) is 6.20. The summed E-state index contributed by atoms with van der Waals surface area (Å²) in [6.45, 7) is 7.07. The fourth-order valence-electron chi connectivity index (χ4n) is 3.61. The summed E-state index contributed by atoms with van der Waals surface area (Å²) in [6, 6.07) is 16.0. The molecule has 0 unspecified atom stereocenters. The minimum Gasteiger partial charge on any atom is -0.336 e. The first-order valence-electron chi connectivity index (χ1n) is 9.75. The van der Waals surface area contributed by atoms with Gasteiger partial charge in [0.25, 0.3) is 0 Å². The van der Waals surface area contributed by atoms with Crippen molar-refractivity contribution >= 4 is 15.9 Å². The van der Waals surface area contributed by atoms with E-state index in [9.17, 15) is 13.2 Å². The van der Waals surface area contributed by atoms with Crippen molar-refractivity contribution in [3.63, 3.8) is 0 Å². The van der Waals surface area contributed by atoms with E-state index < -0.39 is 16.1 Å². The van der Waals surface area contributed by atoms with Gasteiger partial charge in [0.2, 0.25) is 15.9 Å². The minimum atomic E-state index is -3.73. The number of carbonyl (C=O) groups is 1. The van der Waals surface area contributed by atoms with Crippen LogP contribution in [-0.4, -0.2) is 42.7 Å². The number of rotatable bonds is 6. The number of sulfonamides is 1. The molecule has 0 spiro atoms. The largest absolute Gasteiger partial charge is 0.336 e. The van der Waals surface area contributed by atoms with Crippen molar-refractivity contribution in [2.24, 2.45) is 5.92 Å². The highest BCUT2D eigenvalue weighted by Crippen LogP contribution is 2.28. The lowest BCUT2D eigenvalue weighted by atomic mass is 9.96. The summed E-state index contributed by atoms with van der Waals surface area (Å²) < 4.78 is 28.0. The van der Waals surface area contributed by atoms with Gasteiger partial charge in [-0.15, -0.1) is 0 Å². The maximum absolute atomic E-state index is 13.3. The van der Waals surface area contributed by atoms with E-state index in [1.54, 1.807) is 29.2 Å². The Hall–Kier alpha value is -2.18. The van der Waals surface area contributed by atoms with Gasteiger partial charge in [0, 0.05) is 19.6 Å². The van der Waals surface area contributed by atoms with E-state index in [2.05, 4.69) is 0 Å². The van der Waals surface area contributed by atoms with E-state index in [0.717, 1.165) is 17.5 Å². The summed E-state index contributed by atoms with van der Waals surface area (Å²) in [5, 5.41) is 0. The highest BCUT2D eigenvalue weighted by molar-refractivity contribution is 7.89. The Balaban J connectivity index is 1.90. The average Bonchev–Trinajstić information content (AvgIpc) is 2.69. The molecule has 0 bridgehead atoms. The first-order chi connectivity index (χ1) is 13.3. The predicted molar refractivity (Wildman–Crippen MR) is 110 cm³/mol. The Bertz CT molecular complexity index is 911. The first-order valence-corrected chi connectivity index (χ1v) is 11.2. The van der Waals surface area contributed by atoms with Gasteiger partial charge in [-0.25, -0.2) is 8.42 Å². The number of amides is 1. The lowest BCUT2D eigenvalue weighted by Crippen LogP contribution is -2.60. The van der Waals surface area contributed by atoms with Gasteiger partial charge in [-0.3, -0.25) is 4.79 Å². The van der Waals surface area contributed by atoms with Gasteiger partial charge >= 0.3 is 0 Å². The van der Waals surface area contributed by atoms with E-state index in [1.165, 1.54) is 4.31 Å². The van der Waals surface area contributed by atoms with Gasteiger partial charge in [0.05, 0.1) is 4.90 Å². The summed E-state index contributed by atoms with van der Waals surface area (Å²) in [4.78, 5) is 15.3. The molecule has 1 fully saturated rings. The fourth-order valence-corrected chi connectivity index (χ4v) is 5.28. The molecule has 150 valence electrons. The van der Waals surface area contributed by atoms with E-state index in [-0.39, 0.29) is 16.7 Å². The quantitative estimate of drug-likeness (QED) is 0.746. The molecule has 2 aromatic carbocycles. The third-order valence-corrected chi connectivity index (χ3v) is 7.39. The molecule has 1 amide bonds. The Morgan fingerprint density at radius 2 is 1.68 bits per heavy atom. The van der Waals surface area contributed by atoms with Crippen LogP contribution in [0.25, 0.3) is 0 Å². The fraction of sp³-hybridized carbons (Fsp3) is 0.409. The van der Waals surface area contributed by atoms with Gasteiger partial charge in [-0.2, -0.15) is 4.31 Å². The van der Waals surface area contributed by atoms with Gasteiger partial charge in [-0.05, 0) is 30.5 Å². The van der Waals surface area contributed by atoms with Gasteiger partial charge < -0.3 is 4.90 Å². The number of hydrogen-bond acceptors (Lipinski definition) is 3. The van der Waals surface area contributed by atoms with Crippen molar-refractivity contribution in [3.05, 3.63) is 65.7 Å². The lowest BCUT2D eigenvalue weighted by molar-refractivity contribution is -0.141. The van der Waals surface area contributed by atoms with Crippen LogP contribution in [0.15, 0.2) is 59.5 Å². The smallest absolute Gasteiger partial charge is 0.243 e. The molecule has 3 rings (SSSR count). The Labute approximate surface area is 168 Å². The molecule has 0 radical (unpaired) electrons. The molecule has 1 heterocycles. The van der Waals surface area contributed by atoms with E-state index in [1.807, 2.05) is 51.1 Å². The third-order valence-electron chi connectivity index (χ3n) is 5.49. The van der Waals surface area contributed by atoms with E-state index in [0.29, 0.717) is 19.6 Å². The SMILES string of the molecule is CC[C@H](C)[C@H]1C(=O)N(Cc2ccccc2)CCN1S(=O)(=O)c1ccc(C)cc1. The molecule has 28 heavy (non-hydrogen) atoms. The molecular weight excluding hydrogens is 372 g/mol. The molecule has 0 saturated carbocycles. The second-order valence-corrected chi connectivity index (χ2v) is 9.40. The molecule has 1 aliphatic heterocycles. The number of nitrogens with zero attached hydrogens (tertiary/aromatic N) is 2. The van der Waals surface area contributed by atoms with Crippen LogP contribution in [0.2, 0.25) is 0 Å². The summed E-state index contributed by atoms with van der Waals surface area (Å²) in [6.07, 6.45) is 0.732. The maximum atomic E-state index is 13.3. The maximum Gasteiger partial charge on any atom is 0.243 e. The van der Waals surface area contributed by atoms with Crippen LogP contribution in [0.4, 0.5) is 0 Å². The van der Waals surface area contributed by atoms with Crippen LogP contribution in [0.1, 0.15) is 31.4 Å². The van der Waals surface area contributed by atoms with Gasteiger partial charge in [0.15, 0.2) is 0 Å². The summed E-state index contributed by atoms with van der Waals surface area (Å²) in [5.74, 6) is -0.175.